The van der Waals surface area contributed by atoms with Crippen LogP contribution in [0.15, 0.2) is 35.7 Å². The van der Waals surface area contributed by atoms with E-state index in [2.05, 4.69) is 10.1 Å². The van der Waals surface area contributed by atoms with Crippen LogP contribution in [-0.2, 0) is 11.2 Å². The van der Waals surface area contributed by atoms with Crippen molar-refractivity contribution in [3.8, 4) is 0 Å². The van der Waals surface area contributed by atoms with Gasteiger partial charge in [-0.3, -0.25) is 0 Å². The Kier molecular flexibility index (Phi) is 5.70. The molecule has 0 aliphatic carbocycles. The monoisotopic (exact) mass is 336 g/mol. The molecule has 7 heteroatoms. The number of halogens is 1. The van der Waals surface area contributed by atoms with Gasteiger partial charge < -0.3 is 15.0 Å². The SMILES string of the molecule is COC(=O)c1ccc(NC(=O)N(C)CCc2cccs2)cc1F. The summed E-state index contributed by atoms with van der Waals surface area (Å²) in [6.45, 7) is 0.551. The van der Waals surface area contributed by atoms with E-state index < -0.39 is 11.8 Å². The highest BCUT2D eigenvalue weighted by molar-refractivity contribution is 7.09. The zero-order valence-electron chi connectivity index (χ0n) is 12.8. The van der Waals surface area contributed by atoms with Gasteiger partial charge in [0.15, 0.2) is 0 Å². The lowest BCUT2D eigenvalue weighted by Gasteiger charge is -2.17. The summed E-state index contributed by atoms with van der Waals surface area (Å²) >= 11 is 1.64. The van der Waals surface area contributed by atoms with Crippen molar-refractivity contribution >= 4 is 29.0 Å². The number of esters is 1. The number of amides is 2. The number of methoxy groups -OCH3 is 1. The molecule has 1 aromatic carbocycles. The molecule has 0 bridgehead atoms. The molecular formula is C16H17FN2O3S. The maximum atomic E-state index is 13.8. The van der Waals surface area contributed by atoms with E-state index in [1.807, 2.05) is 17.5 Å². The van der Waals surface area contributed by atoms with Gasteiger partial charge in [0.1, 0.15) is 5.82 Å². The van der Waals surface area contributed by atoms with E-state index in [1.165, 1.54) is 29.0 Å². The number of carbonyl (C=O) groups is 2. The number of likely N-dealkylation sites (N-methyl/N-ethyl adjacent to an activating group) is 1. The minimum atomic E-state index is -0.756. The molecule has 122 valence electrons. The van der Waals surface area contributed by atoms with E-state index in [0.717, 1.165) is 12.5 Å². The van der Waals surface area contributed by atoms with Crippen LogP contribution in [0.4, 0.5) is 14.9 Å². The quantitative estimate of drug-likeness (QED) is 0.852. The minimum absolute atomic E-state index is 0.170. The summed E-state index contributed by atoms with van der Waals surface area (Å²) in [7, 11) is 2.85. The number of benzene rings is 1. The van der Waals surface area contributed by atoms with Crippen molar-refractivity contribution in [2.45, 2.75) is 6.42 Å². The first-order valence-corrected chi connectivity index (χ1v) is 7.81. The number of anilines is 1. The highest BCUT2D eigenvalue weighted by Crippen LogP contribution is 2.16. The van der Waals surface area contributed by atoms with Crippen molar-refractivity contribution in [3.63, 3.8) is 0 Å². The van der Waals surface area contributed by atoms with Gasteiger partial charge in [-0.15, -0.1) is 11.3 Å². The van der Waals surface area contributed by atoms with Crippen molar-refractivity contribution in [1.29, 1.82) is 0 Å². The molecule has 0 saturated heterocycles. The average molecular weight is 336 g/mol. The van der Waals surface area contributed by atoms with Crippen LogP contribution < -0.4 is 5.32 Å². The molecular weight excluding hydrogens is 319 g/mol. The first-order valence-electron chi connectivity index (χ1n) is 6.93. The average Bonchev–Trinajstić information content (AvgIpc) is 3.05. The van der Waals surface area contributed by atoms with Crippen molar-refractivity contribution in [3.05, 3.63) is 52.0 Å². The highest BCUT2D eigenvalue weighted by atomic mass is 32.1. The summed E-state index contributed by atoms with van der Waals surface area (Å²) < 4.78 is 18.3. The summed E-state index contributed by atoms with van der Waals surface area (Å²) in [5, 5.41) is 4.58. The molecule has 1 heterocycles. The second kappa shape index (κ2) is 7.73. The van der Waals surface area contributed by atoms with Gasteiger partial charge in [-0.25, -0.2) is 14.0 Å². The molecule has 0 aliphatic rings. The Labute approximate surface area is 137 Å². The maximum Gasteiger partial charge on any atom is 0.340 e. The summed E-state index contributed by atoms with van der Waals surface area (Å²) in [5.74, 6) is -1.50. The standard InChI is InChI=1S/C16H17FN2O3S/c1-19(8-7-12-4-3-9-23-12)16(21)18-11-5-6-13(14(17)10-11)15(20)22-2/h3-6,9-10H,7-8H2,1-2H3,(H,18,21). The number of nitrogens with zero attached hydrogens (tertiary/aromatic N) is 1. The van der Waals surface area contributed by atoms with Crippen molar-refractivity contribution in [2.24, 2.45) is 0 Å². The molecule has 2 amide bonds. The Morgan fingerprint density at radius 1 is 1.35 bits per heavy atom. The van der Waals surface area contributed by atoms with Gasteiger partial charge in [0.25, 0.3) is 0 Å². The normalized spacial score (nSPS) is 10.2. The summed E-state index contributed by atoms with van der Waals surface area (Å²) in [5.41, 5.74) is 0.111. The van der Waals surface area contributed by atoms with Crippen LogP contribution in [0, 0.1) is 5.82 Å². The van der Waals surface area contributed by atoms with Crippen molar-refractivity contribution in [2.75, 3.05) is 26.0 Å². The van der Waals surface area contributed by atoms with Crippen LogP contribution >= 0.6 is 11.3 Å². The number of carbonyl (C=O) groups excluding carboxylic acids is 2. The van der Waals surface area contributed by atoms with E-state index in [1.54, 1.807) is 18.4 Å². The Bertz CT molecular complexity index is 689. The number of rotatable bonds is 5. The van der Waals surface area contributed by atoms with Gasteiger partial charge in [-0.05, 0) is 36.1 Å². The fraction of sp³-hybridized carbons (Fsp3) is 0.250. The Balaban J connectivity index is 1.94. The van der Waals surface area contributed by atoms with Crippen LogP contribution in [0.25, 0.3) is 0 Å². The minimum Gasteiger partial charge on any atom is -0.465 e. The molecule has 2 rings (SSSR count). The van der Waals surface area contributed by atoms with E-state index in [-0.39, 0.29) is 17.3 Å². The fourth-order valence-corrected chi connectivity index (χ4v) is 2.62. The lowest BCUT2D eigenvalue weighted by molar-refractivity contribution is 0.0595. The zero-order valence-corrected chi connectivity index (χ0v) is 13.7. The van der Waals surface area contributed by atoms with E-state index >= 15 is 0 Å². The molecule has 0 aliphatic heterocycles. The zero-order chi connectivity index (χ0) is 16.8. The van der Waals surface area contributed by atoms with Crippen LogP contribution in [0.5, 0.6) is 0 Å². The predicted octanol–water partition coefficient (Wildman–Crippen LogP) is 3.38. The second-order valence-corrected chi connectivity index (χ2v) is 5.90. The van der Waals surface area contributed by atoms with Gasteiger partial charge in [-0.1, -0.05) is 6.07 Å². The second-order valence-electron chi connectivity index (χ2n) is 4.87. The molecule has 0 saturated carbocycles. The molecule has 2 aromatic rings. The predicted molar refractivity (Wildman–Crippen MR) is 87.4 cm³/mol. The molecule has 5 nitrogen and oxygen atoms in total. The van der Waals surface area contributed by atoms with Gasteiger partial charge in [0, 0.05) is 24.2 Å². The van der Waals surface area contributed by atoms with Crippen LogP contribution in [0.1, 0.15) is 15.2 Å². The van der Waals surface area contributed by atoms with Crippen molar-refractivity contribution in [1.82, 2.24) is 4.90 Å². The molecule has 0 unspecified atom stereocenters. The Hall–Kier alpha value is -2.41. The molecule has 1 aromatic heterocycles. The summed E-state index contributed by atoms with van der Waals surface area (Å²) in [6, 6.07) is 7.47. The van der Waals surface area contributed by atoms with Crippen LogP contribution in [0.2, 0.25) is 0 Å². The number of nitrogens with one attached hydrogen (secondary N) is 1. The third kappa shape index (κ3) is 4.53. The van der Waals surface area contributed by atoms with E-state index in [0.29, 0.717) is 6.54 Å². The number of hydrogen-bond acceptors (Lipinski definition) is 4. The largest absolute Gasteiger partial charge is 0.465 e. The molecule has 0 fully saturated rings. The molecule has 0 spiro atoms. The molecule has 0 atom stereocenters. The van der Waals surface area contributed by atoms with Gasteiger partial charge >= 0.3 is 12.0 Å². The number of hydrogen-bond donors (Lipinski definition) is 1. The highest BCUT2D eigenvalue weighted by Gasteiger charge is 2.14. The topological polar surface area (TPSA) is 58.6 Å². The first kappa shape index (κ1) is 17.0. The Morgan fingerprint density at radius 3 is 2.74 bits per heavy atom. The molecule has 23 heavy (non-hydrogen) atoms. The van der Waals surface area contributed by atoms with E-state index in [9.17, 15) is 14.0 Å². The Morgan fingerprint density at radius 2 is 2.13 bits per heavy atom. The van der Waals surface area contributed by atoms with E-state index in [4.69, 9.17) is 0 Å². The van der Waals surface area contributed by atoms with Crippen LogP contribution in [0.3, 0.4) is 0 Å². The third-order valence-corrected chi connectivity index (χ3v) is 4.18. The number of thiophene rings is 1. The van der Waals surface area contributed by atoms with Gasteiger partial charge in [-0.2, -0.15) is 0 Å². The summed E-state index contributed by atoms with van der Waals surface area (Å²) in [6.07, 6.45) is 0.761. The fourth-order valence-electron chi connectivity index (χ4n) is 1.92. The van der Waals surface area contributed by atoms with Gasteiger partial charge in [0.2, 0.25) is 0 Å². The lowest BCUT2D eigenvalue weighted by atomic mass is 10.2. The lowest BCUT2D eigenvalue weighted by Crippen LogP contribution is -2.32. The summed E-state index contributed by atoms with van der Waals surface area (Å²) in [4.78, 5) is 26.1. The number of ether oxygens (including phenoxy) is 1. The maximum absolute atomic E-state index is 13.8. The first-order chi connectivity index (χ1) is 11.0. The smallest absolute Gasteiger partial charge is 0.340 e. The third-order valence-electron chi connectivity index (χ3n) is 3.25. The number of urea groups is 1. The molecule has 0 radical (unpaired) electrons. The molecule has 1 N–H and O–H groups in total. The van der Waals surface area contributed by atoms with Gasteiger partial charge in [0.05, 0.1) is 12.7 Å². The van der Waals surface area contributed by atoms with Crippen molar-refractivity contribution < 1.29 is 18.7 Å². The van der Waals surface area contributed by atoms with Crippen LogP contribution in [-0.4, -0.2) is 37.6 Å².